The van der Waals surface area contributed by atoms with Gasteiger partial charge >= 0.3 is 0 Å². The summed E-state index contributed by atoms with van der Waals surface area (Å²) >= 11 is 0. The van der Waals surface area contributed by atoms with Crippen LogP contribution in [0.1, 0.15) is 20.8 Å². The highest BCUT2D eigenvalue weighted by Gasteiger charge is 1.61. The first-order valence-electron chi connectivity index (χ1n) is 3.17. The molecular weight excluding hydrogens is 98.1 g/mol. The molecule has 0 aromatic heterocycles. The van der Waals surface area contributed by atoms with Crippen molar-refractivity contribution in [2.75, 3.05) is 13.6 Å². The summed E-state index contributed by atoms with van der Waals surface area (Å²) in [6, 6.07) is 0. The molecule has 0 aliphatic carbocycles. The molecule has 0 saturated carbocycles. The molecule has 0 fully saturated rings. The first-order chi connectivity index (χ1) is 3.91. The number of likely N-dealkylation sites (N-methyl/N-ethyl adjacent to an activating group) is 1. The van der Waals surface area contributed by atoms with Crippen LogP contribution >= 0.6 is 0 Å². The van der Waals surface area contributed by atoms with Gasteiger partial charge in [-0.1, -0.05) is 26.0 Å². The van der Waals surface area contributed by atoms with Crippen LogP contribution in [0.2, 0.25) is 0 Å². The Hall–Kier alpha value is -0.300. The Bertz CT molecular complexity index is 39.7. The van der Waals surface area contributed by atoms with Crippen LogP contribution in [0.25, 0.3) is 0 Å². The van der Waals surface area contributed by atoms with Gasteiger partial charge in [-0.05, 0) is 14.0 Å². The Kier molecular flexibility index (Phi) is 21.1. The molecule has 8 heavy (non-hydrogen) atoms. The topological polar surface area (TPSA) is 12.0 Å². The molecule has 0 amide bonds. The first-order valence-corrected chi connectivity index (χ1v) is 3.17. The van der Waals surface area contributed by atoms with Gasteiger partial charge in [0.05, 0.1) is 0 Å². The predicted octanol–water partition coefficient (Wildman–Crippen LogP) is 1.81. The molecule has 0 aromatic rings. The summed E-state index contributed by atoms with van der Waals surface area (Å²) in [5, 5.41) is 2.98. The van der Waals surface area contributed by atoms with Crippen LogP contribution < -0.4 is 5.32 Å². The van der Waals surface area contributed by atoms with E-state index in [2.05, 4.69) is 11.4 Å². The molecule has 0 aliphatic heterocycles. The van der Waals surface area contributed by atoms with Gasteiger partial charge in [-0.2, -0.15) is 0 Å². The molecule has 0 aliphatic rings. The van der Waals surface area contributed by atoms with Crippen molar-refractivity contribution in [1.82, 2.24) is 5.32 Å². The second-order valence-electron chi connectivity index (χ2n) is 1.13. The summed E-state index contributed by atoms with van der Waals surface area (Å²) in [5.74, 6) is 0. The van der Waals surface area contributed by atoms with Gasteiger partial charge in [0.15, 0.2) is 0 Å². The van der Waals surface area contributed by atoms with Crippen molar-refractivity contribution >= 4 is 0 Å². The van der Waals surface area contributed by atoms with Gasteiger partial charge in [0.2, 0.25) is 0 Å². The lowest BCUT2D eigenvalue weighted by atomic mass is 10.5. The van der Waals surface area contributed by atoms with E-state index in [1.54, 1.807) is 0 Å². The standard InChI is InChI=1S/C5H11N.C2H6/c1-3-4-5-6-2;1-2/h3-4,6H,5H2,1-2H3;1-2H3/b4-3+;. The van der Waals surface area contributed by atoms with E-state index >= 15 is 0 Å². The van der Waals surface area contributed by atoms with Crippen molar-refractivity contribution in [2.45, 2.75) is 20.8 Å². The predicted molar refractivity (Wildman–Crippen MR) is 40.1 cm³/mol. The molecule has 1 N–H and O–H groups in total. The molecule has 0 saturated heterocycles. The lowest BCUT2D eigenvalue weighted by Crippen LogP contribution is -2.03. The summed E-state index contributed by atoms with van der Waals surface area (Å²) in [4.78, 5) is 0. The van der Waals surface area contributed by atoms with Crippen LogP contribution in [-0.4, -0.2) is 13.6 Å². The van der Waals surface area contributed by atoms with E-state index in [1.165, 1.54) is 0 Å². The SMILES string of the molecule is C/C=C/CNC.CC. The molecule has 50 valence electrons. The van der Waals surface area contributed by atoms with Crippen molar-refractivity contribution in [1.29, 1.82) is 0 Å². The molecule has 1 heteroatoms. The Morgan fingerprint density at radius 3 is 2.00 bits per heavy atom. The van der Waals surface area contributed by atoms with E-state index < -0.39 is 0 Å². The highest BCUT2D eigenvalue weighted by Crippen LogP contribution is 1.61. The monoisotopic (exact) mass is 115 g/mol. The molecule has 1 nitrogen and oxygen atoms in total. The zero-order chi connectivity index (χ0) is 6.83. The van der Waals surface area contributed by atoms with Crippen molar-refractivity contribution in [3.8, 4) is 0 Å². The van der Waals surface area contributed by atoms with Crippen LogP contribution in [0.4, 0.5) is 0 Å². The van der Waals surface area contributed by atoms with E-state index in [4.69, 9.17) is 0 Å². The minimum Gasteiger partial charge on any atom is -0.316 e. The second kappa shape index (κ2) is 15.9. The molecule has 0 unspecified atom stereocenters. The van der Waals surface area contributed by atoms with E-state index in [0.717, 1.165) is 6.54 Å². The van der Waals surface area contributed by atoms with Crippen LogP contribution in [0.3, 0.4) is 0 Å². The third-order valence-corrected chi connectivity index (χ3v) is 0.558. The number of hydrogen-bond donors (Lipinski definition) is 1. The smallest absolute Gasteiger partial charge is 0.0131 e. The molecule has 0 rings (SSSR count). The number of nitrogens with one attached hydrogen (secondary N) is 1. The van der Waals surface area contributed by atoms with Gasteiger partial charge < -0.3 is 5.32 Å². The highest BCUT2D eigenvalue weighted by molar-refractivity contribution is 4.77. The maximum absolute atomic E-state index is 2.98. The van der Waals surface area contributed by atoms with Crippen LogP contribution in [-0.2, 0) is 0 Å². The Balaban J connectivity index is 0. The Labute approximate surface area is 52.8 Å². The minimum absolute atomic E-state index is 0.983. The van der Waals surface area contributed by atoms with Crippen LogP contribution in [0, 0.1) is 0 Å². The molecule has 0 radical (unpaired) electrons. The van der Waals surface area contributed by atoms with Gasteiger partial charge in [-0.3, -0.25) is 0 Å². The lowest BCUT2D eigenvalue weighted by molar-refractivity contribution is 0.918. The van der Waals surface area contributed by atoms with E-state index in [-0.39, 0.29) is 0 Å². The zero-order valence-corrected chi connectivity index (χ0v) is 6.36. The number of rotatable bonds is 2. The normalized spacial score (nSPS) is 8.50. The third kappa shape index (κ3) is 17.3. The summed E-state index contributed by atoms with van der Waals surface area (Å²) in [5.41, 5.74) is 0. The maximum atomic E-state index is 2.98. The van der Waals surface area contributed by atoms with Gasteiger partial charge in [0.1, 0.15) is 0 Å². The zero-order valence-electron chi connectivity index (χ0n) is 6.36. The summed E-state index contributed by atoms with van der Waals surface area (Å²) in [6.45, 7) is 6.99. The van der Waals surface area contributed by atoms with E-state index in [0.29, 0.717) is 0 Å². The largest absolute Gasteiger partial charge is 0.316 e. The lowest BCUT2D eigenvalue weighted by Gasteiger charge is -1.81. The molecular formula is C7H17N. The molecule has 0 spiro atoms. The van der Waals surface area contributed by atoms with Crippen molar-refractivity contribution < 1.29 is 0 Å². The third-order valence-electron chi connectivity index (χ3n) is 0.558. The van der Waals surface area contributed by atoms with Crippen molar-refractivity contribution in [3.05, 3.63) is 12.2 Å². The molecule has 0 heterocycles. The first kappa shape index (κ1) is 10.6. The Morgan fingerprint density at radius 2 is 1.88 bits per heavy atom. The van der Waals surface area contributed by atoms with Gasteiger partial charge in [0, 0.05) is 6.54 Å². The van der Waals surface area contributed by atoms with Crippen molar-refractivity contribution in [2.24, 2.45) is 0 Å². The van der Waals surface area contributed by atoms with Gasteiger partial charge in [-0.15, -0.1) is 0 Å². The Morgan fingerprint density at radius 1 is 1.38 bits per heavy atom. The van der Waals surface area contributed by atoms with Crippen LogP contribution in [0.15, 0.2) is 12.2 Å². The average molecular weight is 115 g/mol. The molecule has 0 atom stereocenters. The summed E-state index contributed by atoms with van der Waals surface area (Å²) in [6.07, 6.45) is 4.09. The van der Waals surface area contributed by atoms with Crippen LogP contribution in [0.5, 0.6) is 0 Å². The van der Waals surface area contributed by atoms with Gasteiger partial charge in [0.25, 0.3) is 0 Å². The van der Waals surface area contributed by atoms with Gasteiger partial charge in [-0.25, -0.2) is 0 Å². The summed E-state index contributed by atoms with van der Waals surface area (Å²) < 4.78 is 0. The number of hydrogen-bond acceptors (Lipinski definition) is 1. The fourth-order valence-electron chi connectivity index (χ4n) is 0.236. The average Bonchev–Trinajstić information content (AvgIpc) is 1.88. The van der Waals surface area contributed by atoms with Crippen molar-refractivity contribution in [3.63, 3.8) is 0 Å². The fraction of sp³-hybridized carbons (Fsp3) is 0.714. The second-order valence-corrected chi connectivity index (χ2v) is 1.13. The van der Waals surface area contributed by atoms with E-state index in [1.807, 2.05) is 33.9 Å². The quantitative estimate of drug-likeness (QED) is 0.541. The van der Waals surface area contributed by atoms with E-state index in [9.17, 15) is 0 Å². The summed E-state index contributed by atoms with van der Waals surface area (Å²) in [7, 11) is 1.93. The molecule has 0 bridgehead atoms. The molecule has 0 aromatic carbocycles. The highest BCUT2D eigenvalue weighted by atomic mass is 14.8. The maximum Gasteiger partial charge on any atom is 0.0131 e. The minimum atomic E-state index is 0.983. The fourth-order valence-corrected chi connectivity index (χ4v) is 0.236. The number of allylic oxidation sites excluding steroid dienone is 1.